The fourth-order valence-electron chi connectivity index (χ4n) is 1.74. The van der Waals surface area contributed by atoms with Gasteiger partial charge in [0.1, 0.15) is 6.33 Å². The van der Waals surface area contributed by atoms with Gasteiger partial charge < -0.3 is 5.32 Å². The summed E-state index contributed by atoms with van der Waals surface area (Å²) in [6, 6.07) is 10.8. The van der Waals surface area contributed by atoms with Gasteiger partial charge >= 0.3 is 0 Å². The van der Waals surface area contributed by atoms with Gasteiger partial charge in [0.25, 0.3) is 0 Å². The van der Waals surface area contributed by atoms with Crippen LogP contribution in [-0.2, 0) is 6.54 Å². The third kappa shape index (κ3) is 3.36. The summed E-state index contributed by atoms with van der Waals surface area (Å²) in [5.41, 5.74) is 3.61. The quantitative estimate of drug-likeness (QED) is 0.872. The molecule has 1 atom stereocenters. The van der Waals surface area contributed by atoms with Crippen LogP contribution in [-0.4, -0.2) is 9.97 Å². The molecule has 0 unspecified atom stereocenters. The predicted octanol–water partition coefficient (Wildman–Crippen LogP) is 2.64. The zero-order valence-corrected chi connectivity index (χ0v) is 10.2. The molecule has 3 nitrogen and oxygen atoms in total. The summed E-state index contributed by atoms with van der Waals surface area (Å²) in [6.07, 6.45) is 3.34. The molecule has 17 heavy (non-hydrogen) atoms. The Morgan fingerprint density at radius 1 is 1.29 bits per heavy atom. The molecular weight excluding hydrogens is 210 g/mol. The minimum Gasteiger partial charge on any atom is -0.305 e. The van der Waals surface area contributed by atoms with E-state index in [0.717, 1.165) is 12.2 Å². The van der Waals surface area contributed by atoms with Crippen molar-refractivity contribution in [2.75, 3.05) is 0 Å². The van der Waals surface area contributed by atoms with Crippen molar-refractivity contribution >= 4 is 0 Å². The van der Waals surface area contributed by atoms with E-state index in [1.165, 1.54) is 11.1 Å². The molecule has 2 rings (SSSR count). The van der Waals surface area contributed by atoms with Gasteiger partial charge in [-0.25, -0.2) is 9.97 Å². The normalized spacial score (nSPS) is 12.4. The number of rotatable bonds is 4. The molecule has 0 aliphatic rings. The van der Waals surface area contributed by atoms with E-state index >= 15 is 0 Å². The van der Waals surface area contributed by atoms with Crippen molar-refractivity contribution in [2.45, 2.75) is 26.4 Å². The Morgan fingerprint density at radius 3 is 2.88 bits per heavy atom. The number of nitrogens with one attached hydrogen (secondary N) is 1. The van der Waals surface area contributed by atoms with Gasteiger partial charge in [-0.15, -0.1) is 0 Å². The first kappa shape index (κ1) is 11.7. The Bertz CT molecular complexity index is 468. The zero-order valence-electron chi connectivity index (χ0n) is 10.2. The van der Waals surface area contributed by atoms with Crippen LogP contribution in [0.2, 0.25) is 0 Å². The summed E-state index contributed by atoms with van der Waals surface area (Å²) in [7, 11) is 0. The third-order valence-electron chi connectivity index (χ3n) is 2.77. The van der Waals surface area contributed by atoms with Crippen molar-refractivity contribution in [3.8, 4) is 0 Å². The van der Waals surface area contributed by atoms with Gasteiger partial charge in [-0.1, -0.05) is 29.8 Å². The highest BCUT2D eigenvalue weighted by molar-refractivity contribution is 5.24. The molecule has 2 aromatic rings. The molecular formula is C14H17N3. The number of benzene rings is 1. The van der Waals surface area contributed by atoms with Crippen molar-refractivity contribution < 1.29 is 0 Å². The highest BCUT2D eigenvalue weighted by Crippen LogP contribution is 2.13. The molecule has 1 aromatic carbocycles. The first-order valence-corrected chi connectivity index (χ1v) is 5.80. The van der Waals surface area contributed by atoms with E-state index in [1.807, 2.05) is 6.07 Å². The summed E-state index contributed by atoms with van der Waals surface area (Å²) in [5, 5.41) is 3.45. The first-order valence-electron chi connectivity index (χ1n) is 5.80. The molecule has 0 fully saturated rings. The van der Waals surface area contributed by atoms with Gasteiger partial charge in [0.05, 0.1) is 5.69 Å². The maximum absolute atomic E-state index is 4.19. The zero-order chi connectivity index (χ0) is 12.1. The lowest BCUT2D eigenvalue weighted by Crippen LogP contribution is -2.18. The lowest BCUT2D eigenvalue weighted by atomic mass is 10.1. The second-order valence-electron chi connectivity index (χ2n) is 4.22. The van der Waals surface area contributed by atoms with E-state index in [2.05, 4.69) is 53.4 Å². The average Bonchev–Trinajstić information content (AvgIpc) is 2.37. The molecule has 0 aliphatic heterocycles. The van der Waals surface area contributed by atoms with Gasteiger partial charge in [0, 0.05) is 18.8 Å². The highest BCUT2D eigenvalue weighted by Gasteiger charge is 2.04. The summed E-state index contributed by atoms with van der Waals surface area (Å²) < 4.78 is 0. The van der Waals surface area contributed by atoms with Gasteiger partial charge in [-0.05, 0) is 25.5 Å². The van der Waals surface area contributed by atoms with Gasteiger partial charge in [0.2, 0.25) is 0 Å². The molecule has 0 saturated carbocycles. The van der Waals surface area contributed by atoms with Crippen LogP contribution >= 0.6 is 0 Å². The SMILES string of the molecule is Cc1cccc([C@@H](C)NCc2ccncn2)c1. The Balaban J connectivity index is 1.96. The predicted molar refractivity (Wildman–Crippen MR) is 68.5 cm³/mol. The topological polar surface area (TPSA) is 37.8 Å². The summed E-state index contributed by atoms with van der Waals surface area (Å²) in [4.78, 5) is 8.09. The molecule has 0 amide bonds. The number of hydrogen-bond donors (Lipinski definition) is 1. The summed E-state index contributed by atoms with van der Waals surface area (Å²) >= 11 is 0. The van der Waals surface area contributed by atoms with Crippen molar-refractivity contribution in [3.63, 3.8) is 0 Å². The van der Waals surface area contributed by atoms with Crippen molar-refractivity contribution in [3.05, 3.63) is 59.7 Å². The smallest absolute Gasteiger partial charge is 0.115 e. The molecule has 1 heterocycles. The fraction of sp³-hybridized carbons (Fsp3) is 0.286. The second kappa shape index (κ2) is 5.55. The van der Waals surface area contributed by atoms with E-state index < -0.39 is 0 Å². The monoisotopic (exact) mass is 227 g/mol. The molecule has 1 N–H and O–H groups in total. The van der Waals surface area contributed by atoms with E-state index in [0.29, 0.717) is 6.04 Å². The summed E-state index contributed by atoms with van der Waals surface area (Å²) in [6.45, 7) is 5.04. The Morgan fingerprint density at radius 2 is 2.18 bits per heavy atom. The Kier molecular flexibility index (Phi) is 3.83. The van der Waals surface area contributed by atoms with Crippen LogP contribution in [0.5, 0.6) is 0 Å². The van der Waals surface area contributed by atoms with Crippen LogP contribution in [0, 0.1) is 6.92 Å². The molecule has 3 heteroatoms. The minimum atomic E-state index is 0.324. The van der Waals surface area contributed by atoms with E-state index in [-0.39, 0.29) is 0 Å². The van der Waals surface area contributed by atoms with Crippen LogP contribution in [0.15, 0.2) is 42.9 Å². The first-order chi connectivity index (χ1) is 8.25. The van der Waals surface area contributed by atoms with Gasteiger partial charge in [-0.2, -0.15) is 0 Å². The van der Waals surface area contributed by atoms with E-state index in [9.17, 15) is 0 Å². The molecule has 1 aromatic heterocycles. The largest absolute Gasteiger partial charge is 0.305 e. The number of nitrogens with zero attached hydrogens (tertiary/aromatic N) is 2. The maximum atomic E-state index is 4.19. The highest BCUT2D eigenvalue weighted by atomic mass is 14.9. The van der Waals surface area contributed by atoms with E-state index in [4.69, 9.17) is 0 Å². The lowest BCUT2D eigenvalue weighted by molar-refractivity contribution is 0.567. The van der Waals surface area contributed by atoms with Crippen molar-refractivity contribution in [2.24, 2.45) is 0 Å². The Labute approximate surface area is 102 Å². The van der Waals surface area contributed by atoms with Crippen LogP contribution in [0.25, 0.3) is 0 Å². The minimum absolute atomic E-state index is 0.324. The molecule has 0 bridgehead atoms. The number of hydrogen-bond acceptors (Lipinski definition) is 3. The fourth-order valence-corrected chi connectivity index (χ4v) is 1.74. The molecule has 0 aliphatic carbocycles. The Hall–Kier alpha value is -1.74. The van der Waals surface area contributed by atoms with Crippen molar-refractivity contribution in [1.82, 2.24) is 15.3 Å². The van der Waals surface area contributed by atoms with Gasteiger partial charge in [0.15, 0.2) is 0 Å². The average molecular weight is 227 g/mol. The standard InChI is InChI=1S/C14H17N3/c1-11-4-3-5-13(8-11)12(2)16-9-14-6-7-15-10-17-14/h3-8,10,12,16H,9H2,1-2H3/t12-/m1/s1. The molecule has 0 spiro atoms. The van der Waals surface area contributed by atoms with Crippen molar-refractivity contribution in [1.29, 1.82) is 0 Å². The second-order valence-corrected chi connectivity index (χ2v) is 4.22. The number of aromatic nitrogens is 2. The number of aryl methyl sites for hydroxylation is 1. The van der Waals surface area contributed by atoms with Crippen LogP contribution in [0.1, 0.15) is 29.8 Å². The maximum Gasteiger partial charge on any atom is 0.115 e. The third-order valence-corrected chi connectivity index (χ3v) is 2.77. The van der Waals surface area contributed by atoms with Crippen LogP contribution in [0.4, 0.5) is 0 Å². The lowest BCUT2D eigenvalue weighted by Gasteiger charge is -2.14. The molecule has 0 saturated heterocycles. The van der Waals surface area contributed by atoms with E-state index in [1.54, 1.807) is 12.5 Å². The summed E-state index contributed by atoms with van der Waals surface area (Å²) in [5.74, 6) is 0. The molecule has 0 radical (unpaired) electrons. The molecule has 88 valence electrons. The van der Waals surface area contributed by atoms with Crippen LogP contribution in [0.3, 0.4) is 0 Å². The van der Waals surface area contributed by atoms with Gasteiger partial charge in [-0.3, -0.25) is 0 Å². The van der Waals surface area contributed by atoms with Crippen LogP contribution < -0.4 is 5.32 Å².